The van der Waals surface area contributed by atoms with Crippen LogP contribution in [0.4, 0.5) is 0 Å². The lowest BCUT2D eigenvalue weighted by Crippen LogP contribution is -2.53. The molecule has 1 fully saturated rings. The summed E-state index contributed by atoms with van der Waals surface area (Å²) < 4.78 is 26.5. The maximum absolute atomic E-state index is 12.5. The summed E-state index contributed by atoms with van der Waals surface area (Å²) in [6.45, 7) is 9.56. The van der Waals surface area contributed by atoms with Crippen molar-refractivity contribution in [1.29, 1.82) is 0 Å². The van der Waals surface area contributed by atoms with Gasteiger partial charge in [-0.1, -0.05) is 6.07 Å². The molecule has 1 aliphatic rings. The van der Waals surface area contributed by atoms with Crippen LogP contribution in [-0.4, -0.2) is 43.9 Å². The Morgan fingerprint density at radius 1 is 1.43 bits per heavy atom. The Balaban J connectivity index is 2.21. The Hall–Kier alpha value is -0.700. The highest BCUT2D eigenvalue weighted by molar-refractivity contribution is 7.90. The smallest absolute Gasteiger partial charge is 0.163 e. The first-order valence-corrected chi connectivity index (χ1v) is 8.84. The molecule has 0 amide bonds. The van der Waals surface area contributed by atoms with Crippen LogP contribution >= 0.6 is 0 Å². The number of nitrogens with one attached hydrogen (secondary N) is 1. The third-order valence-electron chi connectivity index (χ3n) is 3.56. The van der Waals surface area contributed by atoms with Crippen LogP contribution in [0.5, 0.6) is 0 Å². The van der Waals surface area contributed by atoms with Gasteiger partial charge in [0.2, 0.25) is 0 Å². The van der Waals surface area contributed by atoms with Gasteiger partial charge in [0.05, 0.1) is 12.3 Å². The average Bonchev–Trinajstić information content (AvgIpc) is 2.83. The third-order valence-corrected chi connectivity index (χ3v) is 5.16. The van der Waals surface area contributed by atoms with Crippen molar-refractivity contribution in [2.75, 3.05) is 6.61 Å². The maximum Gasteiger partial charge on any atom is 0.163 e. The van der Waals surface area contributed by atoms with Gasteiger partial charge >= 0.3 is 0 Å². The summed E-state index contributed by atoms with van der Waals surface area (Å²) in [5, 5.41) is 10.7. The fourth-order valence-electron chi connectivity index (χ4n) is 2.27. The van der Waals surface area contributed by atoms with E-state index in [2.05, 4.69) is 9.71 Å². The van der Waals surface area contributed by atoms with Gasteiger partial charge in [-0.05, 0) is 46.8 Å². The van der Waals surface area contributed by atoms with E-state index in [-0.39, 0.29) is 0 Å². The second kappa shape index (κ2) is 7.04. The molecule has 0 saturated carbocycles. The van der Waals surface area contributed by atoms with Crippen LogP contribution in [0.25, 0.3) is 0 Å². The molecule has 1 aliphatic heterocycles. The van der Waals surface area contributed by atoms with Gasteiger partial charge in [-0.25, -0.2) is 0 Å². The van der Waals surface area contributed by atoms with E-state index in [1.54, 1.807) is 24.4 Å². The van der Waals surface area contributed by atoms with Crippen molar-refractivity contribution in [3.63, 3.8) is 0 Å². The van der Waals surface area contributed by atoms with Gasteiger partial charge in [0.15, 0.2) is 5.79 Å². The normalized spacial score (nSPS) is 25.1. The molecule has 0 aliphatic carbocycles. The summed E-state index contributed by atoms with van der Waals surface area (Å²) in [5.41, 5.74) is 0.504. The van der Waals surface area contributed by atoms with E-state index in [9.17, 15) is 9.66 Å². The highest BCUT2D eigenvalue weighted by atomic mass is 32.2. The fraction of sp³-hybridized carbons (Fsp3) is 0.688. The van der Waals surface area contributed by atoms with Crippen molar-refractivity contribution < 1.29 is 19.1 Å². The number of ether oxygens (including phenoxy) is 2. The molecule has 1 aromatic rings. The molecule has 6 nitrogen and oxygen atoms in total. The van der Waals surface area contributed by atoms with Crippen LogP contribution in [0.2, 0.25) is 0 Å². The Bertz CT molecular complexity index is 507. The molecule has 0 bridgehead atoms. The molecule has 0 spiro atoms. The maximum atomic E-state index is 12.5. The van der Waals surface area contributed by atoms with Gasteiger partial charge in [0.25, 0.3) is 0 Å². The Kier molecular flexibility index (Phi) is 5.71. The van der Waals surface area contributed by atoms with E-state index >= 15 is 0 Å². The number of pyridine rings is 1. The van der Waals surface area contributed by atoms with Gasteiger partial charge in [-0.3, -0.25) is 4.98 Å². The highest BCUT2D eigenvalue weighted by Crippen LogP contribution is 2.30. The van der Waals surface area contributed by atoms with Gasteiger partial charge in [0, 0.05) is 17.6 Å². The monoisotopic (exact) mass is 342 g/mol. The summed E-state index contributed by atoms with van der Waals surface area (Å²) in [6.07, 6.45) is 0.241. The molecular weight excluding hydrogens is 316 g/mol. The SMILES string of the molecule is CC1(C)OC[C@H](C(N[S@+]([O-])C(C)(C)C)C(O)c2ccccn2)O1. The van der Waals surface area contributed by atoms with Gasteiger partial charge in [0.1, 0.15) is 23.0 Å². The summed E-state index contributed by atoms with van der Waals surface area (Å²) in [6, 6.07) is 4.73. The molecule has 130 valence electrons. The summed E-state index contributed by atoms with van der Waals surface area (Å²) in [5.74, 6) is -0.725. The Labute approximate surface area is 140 Å². The zero-order chi connectivity index (χ0) is 17.3. The first-order valence-electron chi connectivity index (χ1n) is 7.69. The number of rotatable bonds is 5. The molecule has 4 atom stereocenters. The largest absolute Gasteiger partial charge is 0.598 e. The number of hydrogen-bond donors (Lipinski definition) is 2. The van der Waals surface area contributed by atoms with Crippen LogP contribution in [0, 0.1) is 0 Å². The predicted octanol–water partition coefficient (Wildman–Crippen LogP) is 1.69. The van der Waals surface area contributed by atoms with E-state index in [1.165, 1.54) is 0 Å². The number of hydrogen-bond acceptors (Lipinski definition) is 6. The van der Waals surface area contributed by atoms with Crippen molar-refractivity contribution in [1.82, 2.24) is 9.71 Å². The Morgan fingerprint density at radius 3 is 2.61 bits per heavy atom. The summed E-state index contributed by atoms with van der Waals surface area (Å²) >= 11 is -1.36. The minimum absolute atomic E-state index is 0.315. The van der Waals surface area contributed by atoms with Crippen LogP contribution in [-0.2, 0) is 20.8 Å². The highest BCUT2D eigenvalue weighted by Gasteiger charge is 2.44. The van der Waals surface area contributed by atoms with Crippen LogP contribution in [0.3, 0.4) is 0 Å². The van der Waals surface area contributed by atoms with Crippen molar-refractivity contribution in [2.45, 2.75) is 63.4 Å². The minimum atomic E-state index is -1.36. The zero-order valence-corrected chi connectivity index (χ0v) is 15.1. The van der Waals surface area contributed by atoms with Crippen LogP contribution in [0.1, 0.15) is 46.4 Å². The van der Waals surface area contributed by atoms with Crippen LogP contribution < -0.4 is 4.72 Å². The summed E-state index contributed by atoms with van der Waals surface area (Å²) in [7, 11) is 0. The van der Waals surface area contributed by atoms with Gasteiger partial charge < -0.3 is 19.1 Å². The van der Waals surface area contributed by atoms with Crippen molar-refractivity contribution in [3.05, 3.63) is 30.1 Å². The molecule has 2 heterocycles. The topological polar surface area (TPSA) is 86.7 Å². The number of aliphatic hydroxyl groups excluding tert-OH is 1. The second-order valence-electron chi connectivity index (χ2n) is 7.09. The number of nitrogens with zero attached hydrogens (tertiary/aromatic N) is 1. The lowest BCUT2D eigenvalue weighted by Gasteiger charge is -2.32. The number of aliphatic hydroxyl groups is 1. The molecule has 2 N–H and O–H groups in total. The van der Waals surface area contributed by atoms with E-state index in [0.717, 1.165) is 0 Å². The van der Waals surface area contributed by atoms with Gasteiger partial charge in [-0.15, -0.1) is 4.72 Å². The predicted molar refractivity (Wildman–Crippen MR) is 88.9 cm³/mol. The minimum Gasteiger partial charge on any atom is -0.598 e. The molecule has 7 heteroatoms. The molecular formula is C16H26N2O4S. The Morgan fingerprint density at radius 2 is 2.13 bits per heavy atom. The molecule has 0 radical (unpaired) electrons. The lowest BCUT2D eigenvalue weighted by atomic mass is 10.0. The second-order valence-corrected chi connectivity index (χ2v) is 9.09. The molecule has 1 aromatic heterocycles. The van der Waals surface area contributed by atoms with E-state index in [4.69, 9.17) is 9.47 Å². The fourth-order valence-corrected chi connectivity index (χ4v) is 3.15. The van der Waals surface area contributed by atoms with E-state index in [0.29, 0.717) is 12.3 Å². The standard InChI is InChI=1S/C16H26N2O4S/c1-15(2,3)23(20)18-13(12-10-21-16(4,5)22-12)14(19)11-8-6-7-9-17-11/h6-9,12-14,18-19H,10H2,1-5H3/t12-,13?,14?,23-/m1/s1. The first kappa shape index (κ1) is 18.6. The molecule has 1 saturated heterocycles. The van der Waals surface area contributed by atoms with Crippen LogP contribution in [0.15, 0.2) is 24.4 Å². The zero-order valence-electron chi connectivity index (χ0n) is 14.3. The molecule has 23 heavy (non-hydrogen) atoms. The van der Waals surface area contributed by atoms with E-state index in [1.807, 2.05) is 34.6 Å². The third kappa shape index (κ3) is 4.89. The first-order chi connectivity index (χ1) is 10.6. The average molecular weight is 342 g/mol. The van der Waals surface area contributed by atoms with Crippen molar-refractivity contribution in [3.8, 4) is 0 Å². The molecule has 2 unspecified atom stereocenters. The van der Waals surface area contributed by atoms with Crippen molar-refractivity contribution >= 4 is 11.4 Å². The quantitative estimate of drug-likeness (QED) is 0.792. The summed E-state index contributed by atoms with van der Waals surface area (Å²) in [4.78, 5) is 4.19. The lowest BCUT2D eigenvalue weighted by molar-refractivity contribution is -0.144. The van der Waals surface area contributed by atoms with Crippen molar-refractivity contribution in [2.24, 2.45) is 0 Å². The van der Waals surface area contributed by atoms with E-state index < -0.39 is 40.1 Å². The van der Waals surface area contributed by atoms with Gasteiger partial charge in [-0.2, -0.15) is 0 Å². The number of aromatic nitrogens is 1. The molecule has 0 aromatic carbocycles. The molecule has 2 rings (SSSR count).